The Balaban J connectivity index is 2.05. The summed E-state index contributed by atoms with van der Waals surface area (Å²) in [6.45, 7) is 3.56. The van der Waals surface area contributed by atoms with Gasteiger partial charge in [-0.15, -0.1) is 0 Å². The van der Waals surface area contributed by atoms with Crippen LogP contribution in [0.1, 0.15) is 24.5 Å². The molecule has 1 atom stereocenters. The summed E-state index contributed by atoms with van der Waals surface area (Å²) in [6.07, 6.45) is 0.594. The van der Waals surface area contributed by atoms with Crippen molar-refractivity contribution in [2.24, 2.45) is 4.99 Å². The normalized spacial score (nSPS) is 20.0. The Morgan fingerprint density at radius 3 is 2.76 bits per heavy atom. The third kappa shape index (κ3) is 6.28. The summed E-state index contributed by atoms with van der Waals surface area (Å²) in [7, 11) is 0.855. The van der Waals surface area contributed by atoms with Gasteiger partial charge < -0.3 is 15.5 Å². The molecule has 0 bridgehead atoms. The molecule has 0 amide bonds. The highest BCUT2D eigenvalue weighted by atomic mass is 32.2. The summed E-state index contributed by atoms with van der Waals surface area (Å²) < 4.78 is 37.0. The van der Waals surface area contributed by atoms with Gasteiger partial charge in [0.15, 0.2) is 15.8 Å². The molecule has 2 rings (SSSR count). The maximum atomic E-state index is 13.8. The highest BCUT2D eigenvalue weighted by molar-refractivity contribution is 7.91. The maximum Gasteiger partial charge on any atom is 0.191 e. The SMILES string of the molecule is CCNC(=NCc1ccc(F)c(CN(C)C)c1)NC1CCS(=O)(=O)C1. The fourth-order valence-electron chi connectivity index (χ4n) is 2.78. The molecule has 25 heavy (non-hydrogen) atoms. The van der Waals surface area contributed by atoms with Crippen molar-refractivity contribution in [1.29, 1.82) is 0 Å². The van der Waals surface area contributed by atoms with Crippen LogP contribution in [0.2, 0.25) is 0 Å². The number of sulfone groups is 1. The average molecular weight is 370 g/mol. The zero-order chi connectivity index (χ0) is 18.4. The molecule has 1 heterocycles. The van der Waals surface area contributed by atoms with Crippen LogP contribution in [0.3, 0.4) is 0 Å². The summed E-state index contributed by atoms with van der Waals surface area (Å²) in [6, 6.07) is 4.90. The summed E-state index contributed by atoms with van der Waals surface area (Å²) in [4.78, 5) is 6.42. The van der Waals surface area contributed by atoms with Crippen molar-refractivity contribution in [2.45, 2.75) is 32.5 Å². The zero-order valence-corrected chi connectivity index (χ0v) is 15.9. The van der Waals surface area contributed by atoms with Crippen LogP contribution in [0.5, 0.6) is 0 Å². The van der Waals surface area contributed by atoms with Gasteiger partial charge >= 0.3 is 0 Å². The molecule has 1 aromatic carbocycles. The Morgan fingerprint density at radius 2 is 2.16 bits per heavy atom. The van der Waals surface area contributed by atoms with Crippen LogP contribution < -0.4 is 10.6 Å². The third-order valence-corrected chi connectivity index (χ3v) is 5.70. The molecule has 0 aliphatic carbocycles. The number of nitrogens with zero attached hydrogens (tertiary/aromatic N) is 2. The van der Waals surface area contributed by atoms with E-state index < -0.39 is 9.84 Å². The molecule has 0 saturated carbocycles. The van der Waals surface area contributed by atoms with Crippen LogP contribution in [-0.4, -0.2) is 57.5 Å². The van der Waals surface area contributed by atoms with E-state index in [0.29, 0.717) is 37.6 Å². The van der Waals surface area contributed by atoms with E-state index in [-0.39, 0.29) is 23.4 Å². The number of benzene rings is 1. The van der Waals surface area contributed by atoms with Gasteiger partial charge in [-0.3, -0.25) is 0 Å². The fraction of sp³-hybridized carbons (Fsp3) is 0.588. The van der Waals surface area contributed by atoms with Crippen molar-refractivity contribution in [2.75, 3.05) is 32.1 Å². The lowest BCUT2D eigenvalue weighted by Crippen LogP contribution is -2.44. The van der Waals surface area contributed by atoms with Crippen molar-refractivity contribution in [3.05, 3.63) is 35.1 Å². The van der Waals surface area contributed by atoms with Gasteiger partial charge in [-0.25, -0.2) is 17.8 Å². The smallest absolute Gasteiger partial charge is 0.191 e. The predicted octanol–water partition coefficient (Wildman–Crippen LogP) is 1.13. The van der Waals surface area contributed by atoms with Gasteiger partial charge in [0.2, 0.25) is 0 Å². The summed E-state index contributed by atoms with van der Waals surface area (Å²) in [5.74, 6) is 0.724. The van der Waals surface area contributed by atoms with Crippen molar-refractivity contribution in [3.8, 4) is 0 Å². The second-order valence-corrected chi connectivity index (χ2v) is 8.83. The molecule has 6 nitrogen and oxygen atoms in total. The highest BCUT2D eigenvalue weighted by Crippen LogP contribution is 2.14. The van der Waals surface area contributed by atoms with Crippen molar-refractivity contribution in [3.63, 3.8) is 0 Å². The number of hydrogen-bond acceptors (Lipinski definition) is 4. The summed E-state index contributed by atoms with van der Waals surface area (Å²) in [5, 5.41) is 6.31. The lowest BCUT2D eigenvalue weighted by Gasteiger charge is -2.16. The van der Waals surface area contributed by atoms with Gasteiger partial charge in [0.1, 0.15) is 5.82 Å². The number of rotatable bonds is 6. The highest BCUT2D eigenvalue weighted by Gasteiger charge is 2.28. The van der Waals surface area contributed by atoms with Gasteiger partial charge in [-0.1, -0.05) is 6.07 Å². The lowest BCUT2D eigenvalue weighted by molar-refractivity contribution is 0.392. The van der Waals surface area contributed by atoms with E-state index in [9.17, 15) is 12.8 Å². The number of guanidine groups is 1. The van der Waals surface area contributed by atoms with E-state index in [1.54, 1.807) is 6.07 Å². The molecule has 1 aliphatic rings. The van der Waals surface area contributed by atoms with Crippen molar-refractivity contribution < 1.29 is 12.8 Å². The Morgan fingerprint density at radius 1 is 1.40 bits per heavy atom. The van der Waals surface area contributed by atoms with Gasteiger partial charge in [0, 0.05) is 24.7 Å². The molecule has 1 unspecified atom stereocenters. The molecule has 1 aliphatic heterocycles. The molecular weight excluding hydrogens is 343 g/mol. The minimum absolute atomic E-state index is 0.111. The molecule has 140 valence electrons. The predicted molar refractivity (Wildman–Crippen MR) is 98.8 cm³/mol. The summed E-state index contributed by atoms with van der Waals surface area (Å²) in [5.41, 5.74) is 1.55. The number of aliphatic imine (C=N–C) groups is 1. The largest absolute Gasteiger partial charge is 0.357 e. The van der Waals surface area contributed by atoms with Crippen molar-refractivity contribution >= 4 is 15.8 Å². The number of halogens is 1. The van der Waals surface area contributed by atoms with Crippen LogP contribution in [0.15, 0.2) is 23.2 Å². The second kappa shape index (κ2) is 8.62. The van der Waals surface area contributed by atoms with Crippen LogP contribution >= 0.6 is 0 Å². The first-order valence-electron chi connectivity index (χ1n) is 8.46. The lowest BCUT2D eigenvalue weighted by atomic mass is 10.1. The Kier molecular flexibility index (Phi) is 6.78. The first-order valence-corrected chi connectivity index (χ1v) is 10.3. The standard InChI is InChI=1S/C17H27FN4O2S/c1-4-19-17(21-15-7-8-25(23,24)12-15)20-10-13-5-6-16(18)14(9-13)11-22(2)3/h5-6,9,15H,4,7-8,10-12H2,1-3H3,(H2,19,20,21). The first kappa shape index (κ1) is 19.7. The fourth-order valence-corrected chi connectivity index (χ4v) is 4.45. The van der Waals surface area contributed by atoms with Crippen LogP contribution in [0, 0.1) is 5.82 Å². The summed E-state index contributed by atoms with van der Waals surface area (Å²) >= 11 is 0. The Labute approximate surface area is 149 Å². The molecule has 0 spiro atoms. The van der Waals surface area contributed by atoms with E-state index in [2.05, 4.69) is 15.6 Å². The zero-order valence-electron chi connectivity index (χ0n) is 15.0. The maximum absolute atomic E-state index is 13.8. The quantitative estimate of drug-likeness (QED) is 0.580. The van der Waals surface area contributed by atoms with E-state index >= 15 is 0 Å². The first-order chi connectivity index (χ1) is 11.8. The molecule has 8 heteroatoms. The molecule has 0 aromatic heterocycles. The third-order valence-electron chi connectivity index (χ3n) is 3.93. The van der Waals surface area contributed by atoms with Gasteiger partial charge in [-0.2, -0.15) is 0 Å². The van der Waals surface area contributed by atoms with Crippen LogP contribution in [-0.2, 0) is 22.9 Å². The molecule has 0 radical (unpaired) electrons. The number of hydrogen-bond donors (Lipinski definition) is 2. The van der Waals surface area contributed by atoms with Crippen LogP contribution in [0.25, 0.3) is 0 Å². The van der Waals surface area contributed by atoms with E-state index in [0.717, 1.165) is 5.56 Å². The monoisotopic (exact) mass is 370 g/mol. The van der Waals surface area contributed by atoms with Gasteiger partial charge in [-0.05, 0) is 45.1 Å². The van der Waals surface area contributed by atoms with Gasteiger partial charge in [0.25, 0.3) is 0 Å². The van der Waals surface area contributed by atoms with E-state index in [4.69, 9.17) is 0 Å². The minimum Gasteiger partial charge on any atom is -0.357 e. The van der Waals surface area contributed by atoms with E-state index in [1.807, 2.05) is 32.0 Å². The molecule has 1 aromatic rings. The Hall–Kier alpha value is -1.67. The van der Waals surface area contributed by atoms with Crippen LogP contribution in [0.4, 0.5) is 4.39 Å². The molecule has 1 saturated heterocycles. The molecule has 1 fully saturated rings. The molecular formula is C17H27FN4O2S. The molecule has 2 N–H and O–H groups in total. The minimum atomic E-state index is -2.94. The van der Waals surface area contributed by atoms with E-state index in [1.165, 1.54) is 6.07 Å². The number of nitrogens with one attached hydrogen (secondary N) is 2. The second-order valence-electron chi connectivity index (χ2n) is 6.60. The topological polar surface area (TPSA) is 73.8 Å². The van der Waals surface area contributed by atoms with Gasteiger partial charge in [0.05, 0.1) is 18.1 Å². The van der Waals surface area contributed by atoms with Crippen molar-refractivity contribution in [1.82, 2.24) is 15.5 Å². The Bertz CT molecular complexity index is 719. The average Bonchev–Trinajstić information content (AvgIpc) is 2.86.